The zero-order chi connectivity index (χ0) is 12.8. The highest BCUT2D eigenvalue weighted by Crippen LogP contribution is 2.05. The quantitative estimate of drug-likeness (QED) is 0.627. The molecule has 0 aliphatic rings. The van der Waals surface area contributed by atoms with Crippen molar-refractivity contribution >= 4 is 11.7 Å². The van der Waals surface area contributed by atoms with Gasteiger partial charge in [0.2, 0.25) is 5.78 Å². The van der Waals surface area contributed by atoms with Gasteiger partial charge >= 0.3 is 0 Å². The summed E-state index contributed by atoms with van der Waals surface area (Å²) in [5.41, 5.74) is 1.51. The molecular formula is C14H19NO2. The fourth-order valence-electron chi connectivity index (χ4n) is 1.58. The largest absolute Gasteiger partial charge is 0.346 e. The standard InChI is InChI=1S/C14H19NO2/c1-4-12(5-2)15-14(17)13(16)11-8-6-10(3)7-9-11/h6-9,12H,4-5H2,1-3H3,(H,15,17). The van der Waals surface area contributed by atoms with Gasteiger partial charge in [-0.2, -0.15) is 0 Å². The Hall–Kier alpha value is -1.64. The molecule has 3 heteroatoms. The fourth-order valence-corrected chi connectivity index (χ4v) is 1.58. The van der Waals surface area contributed by atoms with Crippen LogP contribution >= 0.6 is 0 Å². The highest BCUT2D eigenvalue weighted by molar-refractivity contribution is 6.42. The number of ketones is 1. The minimum atomic E-state index is -0.512. The number of nitrogens with one attached hydrogen (secondary N) is 1. The van der Waals surface area contributed by atoms with Crippen molar-refractivity contribution in [2.24, 2.45) is 0 Å². The first-order chi connectivity index (χ1) is 8.08. The van der Waals surface area contributed by atoms with E-state index in [1.165, 1.54) is 0 Å². The summed E-state index contributed by atoms with van der Waals surface area (Å²) in [7, 11) is 0. The number of carbonyl (C=O) groups is 2. The number of hydrogen-bond donors (Lipinski definition) is 1. The predicted molar refractivity (Wildman–Crippen MR) is 68.0 cm³/mol. The van der Waals surface area contributed by atoms with Gasteiger partial charge in [0.25, 0.3) is 5.91 Å². The number of amides is 1. The van der Waals surface area contributed by atoms with Gasteiger partial charge < -0.3 is 5.32 Å². The van der Waals surface area contributed by atoms with Gasteiger partial charge in [-0.3, -0.25) is 9.59 Å². The molecule has 0 spiro atoms. The molecule has 92 valence electrons. The highest BCUT2D eigenvalue weighted by atomic mass is 16.2. The topological polar surface area (TPSA) is 46.2 Å². The van der Waals surface area contributed by atoms with Crippen LogP contribution < -0.4 is 5.32 Å². The molecule has 1 amide bonds. The molecule has 3 nitrogen and oxygen atoms in total. The van der Waals surface area contributed by atoms with Crippen LogP contribution in [0.3, 0.4) is 0 Å². The molecule has 0 atom stereocenters. The summed E-state index contributed by atoms with van der Waals surface area (Å²) in [4.78, 5) is 23.5. The summed E-state index contributed by atoms with van der Waals surface area (Å²) < 4.78 is 0. The maximum absolute atomic E-state index is 11.8. The molecule has 17 heavy (non-hydrogen) atoms. The van der Waals surface area contributed by atoms with E-state index in [9.17, 15) is 9.59 Å². The van der Waals surface area contributed by atoms with Crippen LogP contribution in [-0.4, -0.2) is 17.7 Å². The molecule has 0 heterocycles. The van der Waals surface area contributed by atoms with Crippen molar-refractivity contribution in [3.8, 4) is 0 Å². The lowest BCUT2D eigenvalue weighted by molar-refractivity contribution is -0.117. The lowest BCUT2D eigenvalue weighted by Gasteiger charge is -2.13. The maximum Gasteiger partial charge on any atom is 0.292 e. The van der Waals surface area contributed by atoms with Gasteiger partial charge in [0, 0.05) is 11.6 Å². The van der Waals surface area contributed by atoms with Crippen molar-refractivity contribution in [2.75, 3.05) is 0 Å². The lowest BCUT2D eigenvalue weighted by atomic mass is 10.1. The molecular weight excluding hydrogens is 214 g/mol. The Bertz CT molecular complexity index is 391. The molecule has 0 aliphatic carbocycles. The molecule has 0 radical (unpaired) electrons. The Morgan fingerprint density at radius 3 is 2.12 bits per heavy atom. The monoisotopic (exact) mass is 233 g/mol. The fraction of sp³-hybridized carbons (Fsp3) is 0.429. The van der Waals surface area contributed by atoms with Crippen molar-refractivity contribution in [1.82, 2.24) is 5.32 Å². The van der Waals surface area contributed by atoms with Crippen LogP contribution in [0.15, 0.2) is 24.3 Å². The van der Waals surface area contributed by atoms with E-state index in [1.807, 2.05) is 32.9 Å². The Balaban J connectivity index is 2.70. The molecule has 0 fully saturated rings. The van der Waals surface area contributed by atoms with E-state index in [0.717, 1.165) is 18.4 Å². The van der Waals surface area contributed by atoms with Crippen LogP contribution in [-0.2, 0) is 4.79 Å². The first-order valence-electron chi connectivity index (χ1n) is 6.00. The van der Waals surface area contributed by atoms with Crippen molar-refractivity contribution in [1.29, 1.82) is 0 Å². The van der Waals surface area contributed by atoms with Gasteiger partial charge in [-0.15, -0.1) is 0 Å². The summed E-state index contributed by atoms with van der Waals surface area (Å²) in [6.07, 6.45) is 1.67. The number of carbonyl (C=O) groups excluding carboxylic acids is 2. The third-order valence-corrected chi connectivity index (χ3v) is 2.84. The van der Waals surface area contributed by atoms with Crippen LogP contribution in [0.5, 0.6) is 0 Å². The maximum atomic E-state index is 11.8. The Kier molecular flexibility index (Phi) is 4.88. The molecule has 0 saturated heterocycles. The van der Waals surface area contributed by atoms with E-state index in [1.54, 1.807) is 12.1 Å². The van der Waals surface area contributed by atoms with E-state index in [-0.39, 0.29) is 6.04 Å². The molecule has 1 rings (SSSR count). The van der Waals surface area contributed by atoms with E-state index in [4.69, 9.17) is 0 Å². The minimum absolute atomic E-state index is 0.0805. The number of benzene rings is 1. The Labute approximate surface area is 102 Å². The zero-order valence-corrected chi connectivity index (χ0v) is 10.6. The molecule has 1 aromatic rings. The lowest BCUT2D eigenvalue weighted by Crippen LogP contribution is -2.38. The zero-order valence-electron chi connectivity index (χ0n) is 10.6. The van der Waals surface area contributed by atoms with Gasteiger partial charge in [0.1, 0.15) is 0 Å². The summed E-state index contributed by atoms with van der Waals surface area (Å²) >= 11 is 0. The Morgan fingerprint density at radius 2 is 1.65 bits per heavy atom. The third kappa shape index (κ3) is 3.70. The second-order valence-corrected chi connectivity index (χ2v) is 4.18. The van der Waals surface area contributed by atoms with E-state index < -0.39 is 11.7 Å². The minimum Gasteiger partial charge on any atom is -0.346 e. The molecule has 0 aliphatic heterocycles. The second kappa shape index (κ2) is 6.18. The number of Topliss-reactive ketones (excluding diaryl/α,β-unsaturated/α-hetero) is 1. The molecule has 0 unspecified atom stereocenters. The summed E-state index contributed by atoms with van der Waals surface area (Å²) in [5.74, 6) is -0.973. The molecule has 1 N–H and O–H groups in total. The van der Waals surface area contributed by atoms with Crippen LogP contribution in [0.4, 0.5) is 0 Å². The summed E-state index contributed by atoms with van der Waals surface area (Å²) in [6, 6.07) is 7.11. The van der Waals surface area contributed by atoms with Gasteiger partial charge in [0.05, 0.1) is 0 Å². The van der Waals surface area contributed by atoms with E-state index >= 15 is 0 Å². The summed E-state index contributed by atoms with van der Waals surface area (Å²) in [6.45, 7) is 5.92. The first kappa shape index (κ1) is 13.4. The van der Waals surface area contributed by atoms with Crippen LogP contribution in [0, 0.1) is 6.92 Å². The van der Waals surface area contributed by atoms with Crippen molar-refractivity contribution < 1.29 is 9.59 Å². The number of rotatable bonds is 5. The van der Waals surface area contributed by atoms with Gasteiger partial charge in [-0.1, -0.05) is 43.7 Å². The molecule has 1 aromatic carbocycles. The second-order valence-electron chi connectivity index (χ2n) is 4.18. The van der Waals surface area contributed by atoms with Crippen molar-refractivity contribution in [2.45, 2.75) is 39.7 Å². The normalized spacial score (nSPS) is 10.4. The van der Waals surface area contributed by atoms with Gasteiger partial charge in [0.15, 0.2) is 0 Å². The highest BCUT2D eigenvalue weighted by Gasteiger charge is 2.18. The smallest absolute Gasteiger partial charge is 0.292 e. The SMILES string of the molecule is CCC(CC)NC(=O)C(=O)c1ccc(C)cc1. The van der Waals surface area contributed by atoms with E-state index in [2.05, 4.69) is 5.32 Å². The van der Waals surface area contributed by atoms with Crippen molar-refractivity contribution in [3.05, 3.63) is 35.4 Å². The van der Waals surface area contributed by atoms with Crippen LogP contribution in [0.1, 0.15) is 42.6 Å². The number of aryl methyl sites for hydroxylation is 1. The van der Waals surface area contributed by atoms with Gasteiger partial charge in [-0.25, -0.2) is 0 Å². The molecule has 0 bridgehead atoms. The first-order valence-corrected chi connectivity index (χ1v) is 6.00. The Morgan fingerprint density at radius 1 is 1.12 bits per heavy atom. The van der Waals surface area contributed by atoms with Crippen LogP contribution in [0.25, 0.3) is 0 Å². The summed E-state index contributed by atoms with van der Waals surface area (Å²) in [5, 5.41) is 2.74. The molecule has 0 saturated carbocycles. The average molecular weight is 233 g/mol. The third-order valence-electron chi connectivity index (χ3n) is 2.84. The molecule has 0 aromatic heterocycles. The van der Waals surface area contributed by atoms with E-state index in [0.29, 0.717) is 5.56 Å². The predicted octanol–water partition coefficient (Wildman–Crippen LogP) is 2.48. The van der Waals surface area contributed by atoms with Crippen molar-refractivity contribution in [3.63, 3.8) is 0 Å². The average Bonchev–Trinajstić information content (AvgIpc) is 2.35. The van der Waals surface area contributed by atoms with Gasteiger partial charge in [-0.05, 0) is 19.8 Å². The van der Waals surface area contributed by atoms with Crippen LogP contribution in [0.2, 0.25) is 0 Å². The number of hydrogen-bond acceptors (Lipinski definition) is 2.